The zero-order valence-corrected chi connectivity index (χ0v) is 14.7. The van der Waals surface area contributed by atoms with Crippen LogP contribution in [0.2, 0.25) is 0 Å². The van der Waals surface area contributed by atoms with Crippen LogP contribution in [0.15, 0.2) is 60.9 Å². The van der Waals surface area contributed by atoms with Gasteiger partial charge in [-0.15, -0.1) is 0 Å². The van der Waals surface area contributed by atoms with E-state index in [1.807, 2.05) is 66.5 Å². The minimum absolute atomic E-state index is 0.511. The van der Waals surface area contributed by atoms with Crippen LogP contribution in [0.3, 0.4) is 0 Å². The van der Waals surface area contributed by atoms with Crippen LogP contribution in [-0.2, 0) is 0 Å². The van der Waals surface area contributed by atoms with Crippen LogP contribution >= 0.6 is 22.6 Å². The Balaban J connectivity index is 1.90. The Kier molecular flexibility index (Phi) is 4.61. The van der Waals surface area contributed by atoms with Crippen LogP contribution in [-0.4, -0.2) is 17.0 Å². The Morgan fingerprint density at radius 2 is 1.70 bits per heavy atom. The maximum absolute atomic E-state index is 6.27. The van der Waals surface area contributed by atoms with Crippen molar-refractivity contribution in [2.24, 2.45) is 0 Å². The molecule has 0 bridgehead atoms. The molecule has 0 aliphatic rings. The minimum atomic E-state index is 0.511. The van der Waals surface area contributed by atoms with Crippen molar-refractivity contribution in [1.29, 1.82) is 0 Å². The fourth-order valence-corrected chi connectivity index (χ4v) is 2.56. The molecule has 0 aliphatic carbocycles. The van der Waals surface area contributed by atoms with Gasteiger partial charge in [0.05, 0.1) is 0 Å². The third kappa shape index (κ3) is 3.53. The predicted octanol–water partition coefficient (Wildman–Crippen LogP) is 4.17. The van der Waals surface area contributed by atoms with Crippen molar-refractivity contribution in [3.05, 3.63) is 64.5 Å². The minimum Gasteiger partial charge on any atom is -0.393 e. The van der Waals surface area contributed by atoms with Crippen molar-refractivity contribution in [2.75, 3.05) is 23.0 Å². The first-order valence-corrected chi connectivity index (χ1v) is 8.15. The molecule has 23 heavy (non-hydrogen) atoms. The number of rotatable bonds is 4. The van der Waals surface area contributed by atoms with E-state index in [1.165, 1.54) is 9.90 Å². The van der Waals surface area contributed by atoms with Gasteiger partial charge in [-0.25, -0.2) is 9.97 Å². The van der Waals surface area contributed by atoms with Gasteiger partial charge in [0, 0.05) is 22.0 Å². The van der Waals surface area contributed by atoms with Crippen LogP contribution in [0, 0.1) is 3.57 Å². The lowest BCUT2D eigenvalue weighted by Crippen LogP contribution is -2.15. The van der Waals surface area contributed by atoms with Crippen LogP contribution in [0.4, 0.5) is 28.7 Å². The van der Waals surface area contributed by atoms with Crippen LogP contribution < -0.4 is 16.0 Å². The van der Waals surface area contributed by atoms with Gasteiger partial charge >= 0.3 is 0 Å². The quantitative estimate of drug-likeness (QED) is 0.624. The van der Waals surface area contributed by atoms with E-state index >= 15 is 0 Å². The van der Waals surface area contributed by atoms with E-state index in [0.717, 1.165) is 11.4 Å². The molecule has 0 saturated heterocycles. The molecular weight excluding hydrogens is 401 g/mol. The molecule has 0 saturated carbocycles. The van der Waals surface area contributed by atoms with Crippen molar-refractivity contribution in [3.63, 3.8) is 0 Å². The third-order valence-electron chi connectivity index (χ3n) is 3.43. The molecule has 0 aliphatic heterocycles. The molecule has 0 atom stereocenters. The fourth-order valence-electron chi connectivity index (χ4n) is 2.20. The number of halogens is 1. The van der Waals surface area contributed by atoms with Gasteiger partial charge in [-0.3, -0.25) is 0 Å². The van der Waals surface area contributed by atoms with Gasteiger partial charge in [-0.1, -0.05) is 18.2 Å². The molecule has 3 aromatic rings. The Morgan fingerprint density at radius 3 is 2.39 bits per heavy atom. The normalized spacial score (nSPS) is 10.3. The van der Waals surface area contributed by atoms with Crippen LogP contribution in [0.5, 0.6) is 0 Å². The first-order valence-electron chi connectivity index (χ1n) is 7.07. The molecule has 0 fully saturated rings. The second kappa shape index (κ2) is 6.82. The second-order valence-corrected chi connectivity index (χ2v) is 6.23. The Bertz CT molecular complexity index is 790. The van der Waals surface area contributed by atoms with E-state index < -0.39 is 0 Å². The molecule has 1 aromatic heterocycles. The summed E-state index contributed by atoms with van der Waals surface area (Å²) in [6, 6.07) is 18.0. The maximum atomic E-state index is 6.27. The van der Waals surface area contributed by atoms with Gasteiger partial charge in [0.2, 0.25) is 0 Å². The average Bonchev–Trinajstić information content (AvgIpc) is 2.59. The van der Waals surface area contributed by atoms with Gasteiger partial charge in [0.1, 0.15) is 12.0 Å². The molecule has 1 heterocycles. The number of nitrogens with zero attached hydrogens (tertiary/aromatic N) is 3. The van der Waals surface area contributed by atoms with Gasteiger partial charge in [-0.2, -0.15) is 0 Å². The molecule has 116 valence electrons. The highest BCUT2D eigenvalue weighted by molar-refractivity contribution is 14.1. The Morgan fingerprint density at radius 1 is 1.00 bits per heavy atom. The number of anilines is 5. The summed E-state index contributed by atoms with van der Waals surface area (Å²) in [5.41, 5.74) is 8.73. The van der Waals surface area contributed by atoms with Crippen molar-refractivity contribution in [2.45, 2.75) is 0 Å². The average molecular weight is 417 g/mol. The number of hydrogen-bond donors (Lipinski definition) is 2. The highest BCUT2D eigenvalue weighted by Gasteiger charge is 2.13. The van der Waals surface area contributed by atoms with E-state index in [4.69, 9.17) is 5.73 Å². The maximum Gasteiger partial charge on any atom is 0.161 e. The van der Waals surface area contributed by atoms with Crippen LogP contribution in [0.1, 0.15) is 0 Å². The zero-order chi connectivity index (χ0) is 16.2. The summed E-state index contributed by atoms with van der Waals surface area (Å²) < 4.78 is 1.17. The smallest absolute Gasteiger partial charge is 0.161 e. The molecular formula is C17H16IN5. The monoisotopic (exact) mass is 417 g/mol. The Hall–Kier alpha value is -2.35. The standard InChI is InChI=1S/C17H16IN5/c1-23(14-5-3-2-4-6-14)17-15(19)16(20-11-21-17)22-13-9-7-12(18)8-10-13/h2-11H,19H2,1H3,(H,20,21,22). The summed E-state index contributed by atoms with van der Waals surface area (Å²) in [4.78, 5) is 10.5. The van der Waals surface area contributed by atoms with Crippen molar-refractivity contribution in [3.8, 4) is 0 Å². The summed E-state index contributed by atoms with van der Waals surface area (Å²) in [6.07, 6.45) is 1.51. The number of benzene rings is 2. The predicted molar refractivity (Wildman–Crippen MR) is 103 cm³/mol. The molecule has 5 nitrogen and oxygen atoms in total. The SMILES string of the molecule is CN(c1ccccc1)c1ncnc(Nc2ccc(I)cc2)c1N. The number of hydrogen-bond acceptors (Lipinski definition) is 5. The molecule has 0 radical (unpaired) electrons. The van der Waals surface area contributed by atoms with E-state index in [1.54, 1.807) is 0 Å². The summed E-state index contributed by atoms with van der Waals surface area (Å²) in [7, 11) is 1.93. The lowest BCUT2D eigenvalue weighted by atomic mass is 10.3. The fraction of sp³-hybridized carbons (Fsp3) is 0.0588. The Labute approximate surface area is 148 Å². The molecule has 0 unspecified atom stereocenters. The number of nitrogens with one attached hydrogen (secondary N) is 1. The molecule has 0 amide bonds. The molecule has 3 rings (SSSR count). The van der Waals surface area contributed by atoms with Gasteiger partial charge in [0.15, 0.2) is 11.6 Å². The second-order valence-electron chi connectivity index (χ2n) is 4.99. The van der Waals surface area contributed by atoms with Crippen LogP contribution in [0.25, 0.3) is 0 Å². The van der Waals surface area contributed by atoms with Crippen molar-refractivity contribution < 1.29 is 0 Å². The molecule has 6 heteroatoms. The first kappa shape index (κ1) is 15.5. The topological polar surface area (TPSA) is 67.1 Å². The van der Waals surface area contributed by atoms with Crippen molar-refractivity contribution >= 4 is 51.3 Å². The van der Waals surface area contributed by atoms with Crippen molar-refractivity contribution in [1.82, 2.24) is 9.97 Å². The summed E-state index contributed by atoms with van der Waals surface area (Å²) in [5, 5.41) is 3.24. The highest BCUT2D eigenvalue weighted by atomic mass is 127. The van der Waals surface area contributed by atoms with E-state index in [-0.39, 0.29) is 0 Å². The largest absolute Gasteiger partial charge is 0.393 e. The van der Waals surface area contributed by atoms with Gasteiger partial charge in [0.25, 0.3) is 0 Å². The highest BCUT2D eigenvalue weighted by Crippen LogP contribution is 2.31. The van der Waals surface area contributed by atoms with E-state index in [9.17, 15) is 0 Å². The number of para-hydroxylation sites is 1. The number of aromatic nitrogens is 2. The lowest BCUT2D eigenvalue weighted by Gasteiger charge is -2.21. The third-order valence-corrected chi connectivity index (χ3v) is 4.15. The molecule has 2 aromatic carbocycles. The summed E-state index contributed by atoms with van der Waals surface area (Å²) in [6.45, 7) is 0. The number of nitrogens with two attached hydrogens (primary N) is 1. The lowest BCUT2D eigenvalue weighted by molar-refractivity contribution is 1.09. The van der Waals surface area contributed by atoms with Gasteiger partial charge < -0.3 is 16.0 Å². The zero-order valence-electron chi connectivity index (χ0n) is 12.6. The number of nitrogen functional groups attached to an aromatic ring is 1. The summed E-state index contributed by atoms with van der Waals surface area (Å²) >= 11 is 2.27. The van der Waals surface area contributed by atoms with E-state index in [2.05, 4.69) is 37.9 Å². The van der Waals surface area contributed by atoms with Gasteiger partial charge in [-0.05, 0) is 59.0 Å². The molecule has 3 N–H and O–H groups in total. The summed E-state index contributed by atoms with van der Waals surface area (Å²) in [5.74, 6) is 1.26. The first-order chi connectivity index (χ1) is 11.1. The molecule has 0 spiro atoms. The van der Waals surface area contributed by atoms with E-state index in [0.29, 0.717) is 17.3 Å².